The highest BCUT2D eigenvalue weighted by molar-refractivity contribution is 5.90. The predicted molar refractivity (Wildman–Crippen MR) is 134 cm³/mol. The van der Waals surface area contributed by atoms with E-state index in [9.17, 15) is 4.79 Å². The molecule has 9 nitrogen and oxygen atoms in total. The van der Waals surface area contributed by atoms with E-state index in [1.165, 1.54) is 11.1 Å². The third kappa shape index (κ3) is 3.69. The Morgan fingerprint density at radius 1 is 1.15 bits per heavy atom. The van der Waals surface area contributed by atoms with E-state index in [-0.39, 0.29) is 11.8 Å². The lowest BCUT2D eigenvalue weighted by molar-refractivity contribution is -0.130. The van der Waals surface area contributed by atoms with Crippen molar-refractivity contribution in [3.05, 3.63) is 41.3 Å². The summed E-state index contributed by atoms with van der Waals surface area (Å²) in [4.78, 5) is 29.6. The number of pyridine rings is 2. The number of anilines is 1. The maximum absolute atomic E-state index is 12.2. The number of fused-ring (bicyclic) bond motifs is 2. The number of rotatable bonds is 5. The monoisotopic (exact) mass is 460 g/mol. The second kappa shape index (κ2) is 8.72. The number of hydrogen-bond acceptors (Lipinski definition) is 6. The lowest BCUT2D eigenvalue weighted by Gasteiger charge is -2.35. The summed E-state index contributed by atoms with van der Waals surface area (Å²) < 4.78 is 1.85. The average molecular weight is 461 g/mol. The Kier molecular flexibility index (Phi) is 5.73. The zero-order valence-electron chi connectivity index (χ0n) is 20.5. The number of carbonyl (C=O) groups is 1. The lowest BCUT2D eigenvalue weighted by atomic mass is 9.95. The minimum Gasteiger partial charge on any atom is -0.353 e. The van der Waals surface area contributed by atoms with E-state index in [0.29, 0.717) is 19.6 Å². The van der Waals surface area contributed by atoms with Crippen LogP contribution < -0.4 is 10.2 Å². The molecule has 1 aliphatic rings. The van der Waals surface area contributed by atoms with Crippen molar-refractivity contribution in [2.75, 3.05) is 44.7 Å². The van der Waals surface area contributed by atoms with Gasteiger partial charge < -0.3 is 20.1 Å². The second-order valence-electron chi connectivity index (χ2n) is 9.35. The van der Waals surface area contributed by atoms with Crippen LogP contribution in [0.5, 0.6) is 0 Å². The lowest BCUT2D eigenvalue weighted by Crippen LogP contribution is -2.50. The Morgan fingerprint density at radius 2 is 1.91 bits per heavy atom. The van der Waals surface area contributed by atoms with Crippen LogP contribution in [0.15, 0.2) is 24.7 Å². The topological polar surface area (TPSA) is 94.5 Å². The van der Waals surface area contributed by atoms with E-state index >= 15 is 0 Å². The number of nitrogens with zero attached hydrogens (tertiary/aromatic N) is 6. The van der Waals surface area contributed by atoms with Gasteiger partial charge in [-0.05, 0) is 50.1 Å². The Hall–Kier alpha value is -3.46. The standard InChI is InChI=1S/C25H32N8O/c1-15(2)22-23(18-13-33-25(27-14-28-33)17(4)16(18)3)29-19-6-7-20(30-24(19)22)31-8-10-32(11-9-31)21(34)12-26-5/h6-7,13-15,26,29H,8-12H2,1-5H3. The fraction of sp³-hybridized carbons (Fsp3) is 0.440. The van der Waals surface area contributed by atoms with Gasteiger partial charge in [0.2, 0.25) is 5.91 Å². The van der Waals surface area contributed by atoms with Crippen molar-refractivity contribution in [2.45, 2.75) is 33.6 Å². The SMILES string of the molecule is CNCC(=O)N1CCN(c2ccc3[nH]c(-c4cn5ncnc5c(C)c4C)c(C(C)C)c3n2)CC1. The van der Waals surface area contributed by atoms with Crippen LogP contribution in [0.3, 0.4) is 0 Å². The first-order valence-corrected chi connectivity index (χ1v) is 11.9. The smallest absolute Gasteiger partial charge is 0.236 e. The van der Waals surface area contributed by atoms with Crippen molar-refractivity contribution >= 4 is 28.4 Å². The van der Waals surface area contributed by atoms with Gasteiger partial charge in [0, 0.05) is 43.5 Å². The summed E-state index contributed by atoms with van der Waals surface area (Å²) in [5.41, 5.74) is 8.66. The average Bonchev–Trinajstić information content (AvgIpc) is 3.45. The molecule has 178 valence electrons. The number of H-pyrrole nitrogens is 1. The maximum Gasteiger partial charge on any atom is 0.236 e. The molecule has 1 fully saturated rings. The van der Waals surface area contributed by atoms with Crippen molar-refractivity contribution in [1.82, 2.24) is 34.8 Å². The van der Waals surface area contributed by atoms with E-state index < -0.39 is 0 Å². The number of likely N-dealkylation sites (N-methyl/N-ethyl adjacent to an activating group) is 1. The van der Waals surface area contributed by atoms with Crippen molar-refractivity contribution in [2.24, 2.45) is 0 Å². The fourth-order valence-electron chi connectivity index (χ4n) is 4.93. The first kappa shape index (κ1) is 22.3. The van der Waals surface area contributed by atoms with Crippen molar-refractivity contribution in [3.8, 4) is 11.3 Å². The van der Waals surface area contributed by atoms with Gasteiger partial charge in [0.15, 0.2) is 5.65 Å². The second-order valence-corrected chi connectivity index (χ2v) is 9.35. The van der Waals surface area contributed by atoms with Gasteiger partial charge in [0.1, 0.15) is 12.1 Å². The van der Waals surface area contributed by atoms with Crippen molar-refractivity contribution < 1.29 is 4.79 Å². The Bertz CT molecular complexity index is 1360. The molecule has 5 heterocycles. The molecule has 0 spiro atoms. The summed E-state index contributed by atoms with van der Waals surface area (Å²) in [5, 5.41) is 7.32. The molecule has 0 aliphatic carbocycles. The minimum absolute atomic E-state index is 0.151. The molecule has 4 aromatic heterocycles. The zero-order chi connectivity index (χ0) is 24.0. The third-order valence-electron chi connectivity index (χ3n) is 6.92. The van der Waals surface area contributed by atoms with E-state index in [2.05, 4.69) is 71.3 Å². The molecular formula is C25H32N8O. The van der Waals surface area contributed by atoms with Crippen LogP contribution in [0.25, 0.3) is 27.9 Å². The quantitative estimate of drug-likeness (QED) is 0.476. The van der Waals surface area contributed by atoms with E-state index in [1.807, 2.05) is 9.42 Å². The van der Waals surface area contributed by atoms with E-state index in [1.54, 1.807) is 13.4 Å². The largest absolute Gasteiger partial charge is 0.353 e. The van der Waals surface area contributed by atoms with E-state index in [0.717, 1.165) is 52.4 Å². The van der Waals surface area contributed by atoms with Gasteiger partial charge >= 0.3 is 0 Å². The van der Waals surface area contributed by atoms with Crippen molar-refractivity contribution in [3.63, 3.8) is 0 Å². The molecule has 0 bridgehead atoms. The molecular weight excluding hydrogens is 428 g/mol. The van der Waals surface area contributed by atoms with Crippen LogP contribution in [0.2, 0.25) is 0 Å². The van der Waals surface area contributed by atoms with Crippen LogP contribution in [-0.2, 0) is 4.79 Å². The van der Waals surface area contributed by atoms with Gasteiger partial charge in [-0.1, -0.05) is 13.8 Å². The highest BCUT2D eigenvalue weighted by Crippen LogP contribution is 2.37. The van der Waals surface area contributed by atoms with E-state index in [4.69, 9.17) is 4.98 Å². The number of aromatic nitrogens is 5. The van der Waals surface area contributed by atoms with Crippen LogP contribution in [0.1, 0.15) is 36.5 Å². The van der Waals surface area contributed by atoms with Crippen LogP contribution in [-0.4, -0.2) is 75.1 Å². The number of carbonyl (C=O) groups excluding carboxylic acids is 1. The molecule has 2 N–H and O–H groups in total. The number of piperazine rings is 1. The molecule has 1 aliphatic heterocycles. The van der Waals surface area contributed by atoms with Crippen molar-refractivity contribution in [1.29, 1.82) is 0 Å². The van der Waals surface area contributed by atoms with Gasteiger partial charge in [-0.3, -0.25) is 4.79 Å². The molecule has 0 unspecified atom stereocenters. The molecule has 0 radical (unpaired) electrons. The summed E-state index contributed by atoms with van der Waals surface area (Å²) >= 11 is 0. The highest BCUT2D eigenvalue weighted by atomic mass is 16.2. The zero-order valence-corrected chi connectivity index (χ0v) is 20.5. The fourth-order valence-corrected chi connectivity index (χ4v) is 4.93. The van der Waals surface area contributed by atoms with Gasteiger partial charge in [-0.2, -0.15) is 5.10 Å². The van der Waals surface area contributed by atoms with Gasteiger partial charge in [-0.15, -0.1) is 0 Å². The Balaban J connectivity index is 1.53. The van der Waals surface area contributed by atoms with Crippen LogP contribution in [0.4, 0.5) is 5.82 Å². The molecule has 0 aromatic carbocycles. The number of amides is 1. The van der Waals surface area contributed by atoms with Crippen LogP contribution >= 0.6 is 0 Å². The van der Waals surface area contributed by atoms with Crippen LogP contribution in [0, 0.1) is 13.8 Å². The predicted octanol–water partition coefficient (Wildman–Crippen LogP) is 2.88. The maximum atomic E-state index is 12.2. The first-order valence-electron chi connectivity index (χ1n) is 11.9. The summed E-state index contributed by atoms with van der Waals surface area (Å²) in [7, 11) is 1.80. The Morgan fingerprint density at radius 3 is 2.62 bits per heavy atom. The Labute approximate surface area is 199 Å². The minimum atomic E-state index is 0.151. The molecule has 34 heavy (non-hydrogen) atoms. The molecule has 4 aromatic rings. The molecule has 1 saturated heterocycles. The number of nitrogens with one attached hydrogen (secondary N) is 2. The molecule has 1 amide bonds. The van der Waals surface area contributed by atoms with Gasteiger partial charge in [0.25, 0.3) is 0 Å². The third-order valence-corrected chi connectivity index (χ3v) is 6.92. The molecule has 5 rings (SSSR count). The summed E-state index contributed by atoms with van der Waals surface area (Å²) in [6, 6.07) is 4.21. The molecule has 0 atom stereocenters. The molecule has 9 heteroatoms. The summed E-state index contributed by atoms with van der Waals surface area (Å²) in [6.07, 6.45) is 3.66. The summed E-state index contributed by atoms with van der Waals surface area (Å²) in [5.74, 6) is 1.40. The number of aromatic amines is 1. The summed E-state index contributed by atoms with van der Waals surface area (Å²) in [6.45, 7) is 12.0. The van der Waals surface area contributed by atoms with Gasteiger partial charge in [0.05, 0.1) is 23.3 Å². The number of aryl methyl sites for hydroxylation is 1. The highest BCUT2D eigenvalue weighted by Gasteiger charge is 2.24. The van der Waals surface area contributed by atoms with Gasteiger partial charge in [-0.25, -0.2) is 14.5 Å². The number of hydrogen-bond donors (Lipinski definition) is 2. The normalized spacial score (nSPS) is 14.6. The first-order chi connectivity index (χ1) is 16.4. The molecule has 0 saturated carbocycles.